The zero-order valence-corrected chi connectivity index (χ0v) is 11.7. The van der Waals surface area contributed by atoms with E-state index < -0.39 is 0 Å². The van der Waals surface area contributed by atoms with Crippen LogP contribution in [0, 0.1) is 0 Å². The molecule has 1 aliphatic rings. The van der Waals surface area contributed by atoms with Crippen LogP contribution in [0.4, 0.5) is 10.5 Å². The fourth-order valence-corrected chi connectivity index (χ4v) is 2.65. The number of carbonyl (C=O) groups is 1. The van der Waals surface area contributed by atoms with E-state index in [0.717, 1.165) is 12.1 Å². The minimum absolute atomic E-state index is 0.221. The molecule has 20 heavy (non-hydrogen) atoms. The zero-order chi connectivity index (χ0) is 13.9. The Morgan fingerprint density at radius 3 is 2.75 bits per heavy atom. The van der Waals surface area contributed by atoms with Crippen molar-refractivity contribution in [3.8, 4) is 11.1 Å². The van der Waals surface area contributed by atoms with E-state index in [1.54, 1.807) is 0 Å². The Labute approximate surface area is 123 Å². The average Bonchev–Trinajstić information content (AvgIpc) is 2.82. The summed E-state index contributed by atoms with van der Waals surface area (Å²) in [6, 6.07) is 14.2. The van der Waals surface area contributed by atoms with Crippen LogP contribution in [-0.4, -0.2) is 18.5 Å². The lowest BCUT2D eigenvalue weighted by atomic mass is 10.1. The van der Waals surface area contributed by atoms with Gasteiger partial charge in [-0.05, 0) is 40.8 Å². The number of amides is 2. The van der Waals surface area contributed by atoms with Gasteiger partial charge in [0.25, 0.3) is 0 Å². The molecular weight excluding hydrogens is 272 g/mol. The molecule has 3 nitrogen and oxygen atoms in total. The van der Waals surface area contributed by atoms with Gasteiger partial charge in [0.05, 0.1) is 0 Å². The highest BCUT2D eigenvalue weighted by Crippen LogP contribution is 2.37. The normalized spacial score (nSPS) is 11.7. The summed E-state index contributed by atoms with van der Waals surface area (Å²) in [5.41, 5.74) is 5.95. The molecule has 4 heteroatoms. The number of anilines is 1. The summed E-state index contributed by atoms with van der Waals surface area (Å²) < 4.78 is 0. The number of fused-ring (bicyclic) bond motifs is 3. The topological polar surface area (TPSA) is 41.1 Å². The smallest absolute Gasteiger partial charge is 0.319 e. The van der Waals surface area contributed by atoms with E-state index in [1.807, 2.05) is 12.1 Å². The molecule has 0 unspecified atom stereocenters. The Kier molecular flexibility index (Phi) is 3.61. The first kappa shape index (κ1) is 13.0. The number of benzene rings is 2. The molecule has 2 N–H and O–H groups in total. The predicted octanol–water partition coefficient (Wildman–Crippen LogP) is 3.62. The molecule has 0 saturated carbocycles. The maximum absolute atomic E-state index is 11.6. The highest BCUT2D eigenvalue weighted by molar-refractivity contribution is 6.18. The van der Waals surface area contributed by atoms with E-state index in [4.69, 9.17) is 11.6 Å². The Bertz CT molecular complexity index is 655. The highest BCUT2D eigenvalue weighted by atomic mass is 35.5. The van der Waals surface area contributed by atoms with Crippen molar-refractivity contribution in [1.29, 1.82) is 0 Å². The number of urea groups is 1. The van der Waals surface area contributed by atoms with E-state index in [1.165, 1.54) is 22.3 Å². The Morgan fingerprint density at radius 1 is 1.10 bits per heavy atom. The van der Waals surface area contributed by atoms with Gasteiger partial charge < -0.3 is 10.6 Å². The first-order valence-electron chi connectivity index (χ1n) is 6.60. The summed E-state index contributed by atoms with van der Waals surface area (Å²) in [6.45, 7) is 0.462. The lowest BCUT2D eigenvalue weighted by molar-refractivity contribution is 0.252. The largest absolute Gasteiger partial charge is 0.337 e. The standard InChI is InChI=1S/C16H15ClN2O/c17-7-8-18-16(20)19-13-5-6-15-12(10-13)9-11-3-1-2-4-14(11)15/h1-6,10H,7-9H2,(H2,18,19,20). The van der Waals surface area contributed by atoms with Gasteiger partial charge in [-0.25, -0.2) is 4.79 Å². The monoisotopic (exact) mass is 286 g/mol. The molecule has 0 aliphatic heterocycles. The molecule has 102 valence electrons. The first-order valence-corrected chi connectivity index (χ1v) is 7.13. The molecule has 0 atom stereocenters. The minimum Gasteiger partial charge on any atom is -0.337 e. The second-order valence-electron chi connectivity index (χ2n) is 4.78. The van der Waals surface area contributed by atoms with E-state index in [0.29, 0.717) is 12.4 Å². The molecule has 0 spiro atoms. The number of hydrogen-bond donors (Lipinski definition) is 2. The van der Waals surface area contributed by atoms with Crippen LogP contribution >= 0.6 is 11.6 Å². The predicted molar refractivity (Wildman–Crippen MR) is 82.4 cm³/mol. The summed E-state index contributed by atoms with van der Waals surface area (Å²) in [7, 11) is 0. The molecular formula is C16H15ClN2O. The summed E-state index contributed by atoms with van der Waals surface area (Å²) in [5.74, 6) is 0.410. The Balaban J connectivity index is 1.79. The van der Waals surface area contributed by atoms with Crippen molar-refractivity contribution in [3.63, 3.8) is 0 Å². The number of hydrogen-bond acceptors (Lipinski definition) is 1. The number of alkyl halides is 1. The van der Waals surface area contributed by atoms with Crippen LogP contribution in [0.3, 0.4) is 0 Å². The molecule has 0 saturated heterocycles. The van der Waals surface area contributed by atoms with Crippen LogP contribution in [0.1, 0.15) is 11.1 Å². The van der Waals surface area contributed by atoms with Crippen molar-refractivity contribution in [3.05, 3.63) is 53.6 Å². The van der Waals surface area contributed by atoms with E-state index in [-0.39, 0.29) is 6.03 Å². The van der Waals surface area contributed by atoms with Gasteiger partial charge in [0, 0.05) is 18.1 Å². The molecule has 1 aliphatic carbocycles. The Morgan fingerprint density at radius 2 is 1.90 bits per heavy atom. The van der Waals surface area contributed by atoms with Crippen molar-refractivity contribution in [2.75, 3.05) is 17.7 Å². The molecule has 2 amide bonds. The fourth-order valence-electron chi connectivity index (χ4n) is 2.56. The van der Waals surface area contributed by atoms with Crippen LogP contribution in [-0.2, 0) is 6.42 Å². The summed E-state index contributed by atoms with van der Waals surface area (Å²) >= 11 is 5.53. The Hall–Kier alpha value is -2.00. The van der Waals surface area contributed by atoms with Crippen molar-refractivity contribution in [1.82, 2.24) is 5.32 Å². The highest BCUT2D eigenvalue weighted by Gasteiger charge is 2.18. The van der Waals surface area contributed by atoms with Crippen LogP contribution in [0.15, 0.2) is 42.5 Å². The lowest BCUT2D eigenvalue weighted by Crippen LogP contribution is -2.30. The van der Waals surface area contributed by atoms with Gasteiger partial charge in [-0.15, -0.1) is 11.6 Å². The summed E-state index contributed by atoms with van der Waals surface area (Å²) in [4.78, 5) is 11.6. The van der Waals surface area contributed by atoms with Crippen LogP contribution < -0.4 is 10.6 Å². The number of halogens is 1. The maximum Gasteiger partial charge on any atom is 0.319 e. The fraction of sp³-hybridized carbons (Fsp3) is 0.188. The summed E-state index contributed by atoms with van der Waals surface area (Å²) in [6.07, 6.45) is 0.921. The second-order valence-corrected chi connectivity index (χ2v) is 5.15. The number of carbonyl (C=O) groups excluding carboxylic acids is 1. The van der Waals surface area contributed by atoms with Crippen LogP contribution in [0.5, 0.6) is 0 Å². The molecule has 2 aromatic rings. The van der Waals surface area contributed by atoms with Gasteiger partial charge in [-0.1, -0.05) is 30.3 Å². The molecule has 3 rings (SSSR count). The van der Waals surface area contributed by atoms with Gasteiger partial charge in [0.15, 0.2) is 0 Å². The van der Waals surface area contributed by atoms with E-state index in [9.17, 15) is 4.79 Å². The third kappa shape index (κ3) is 2.49. The van der Waals surface area contributed by atoms with Crippen LogP contribution in [0.25, 0.3) is 11.1 Å². The second kappa shape index (κ2) is 5.55. The molecule has 2 aromatic carbocycles. The van der Waals surface area contributed by atoms with Gasteiger partial charge in [0.2, 0.25) is 0 Å². The third-order valence-corrected chi connectivity index (χ3v) is 3.62. The number of nitrogens with one attached hydrogen (secondary N) is 2. The van der Waals surface area contributed by atoms with Crippen molar-refractivity contribution in [2.24, 2.45) is 0 Å². The van der Waals surface area contributed by atoms with E-state index in [2.05, 4.69) is 41.0 Å². The zero-order valence-electron chi connectivity index (χ0n) is 10.9. The molecule has 0 radical (unpaired) electrons. The average molecular weight is 287 g/mol. The lowest BCUT2D eigenvalue weighted by Gasteiger charge is -2.08. The van der Waals surface area contributed by atoms with Crippen LogP contribution in [0.2, 0.25) is 0 Å². The van der Waals surface area contributed by atoms with Gasteiger partial charge in [-0.3, -0.25) is 0 Å². The first-order chi connectivity index (χ1) is 9.78. The molecule has 0 bridgehead atoms. The molecule has 0 aromatic heterocycles. The van der Waals surface area contributed by atoms with Gasteiger partial charge >= 0.3 is 6.03 Å². The number of rotatable bonds is 3. The SMILES string of the molecule is O=C(NCCCl)Nc1ccc2c(c1)Cc1ccccc1-2. The van der Waals surface area contributed by atoms with Gasteiger partial charge in [0.1, 0.15) is 0 Å². The van der Waals surface area contributed by atoms with Crippen molar-refractivity contribution < 1.29 is 4.79 Å². The molecule has 0 heterocycles. The van der Waals surface area contributed by atoms with Crippen molar-refractivity contribution in [2.45, 2.75) is 6.42 Å². The maximum atomic E-state index is 11.6. The molecule has 0 fully saturated rings. The summed E-state index contributed by atoms with van der Waals surface area (Å²) in [5, 5.41) is 5.51. The van der Waals surface area contributed by atoms with Crippen molar-refractivity contribution >= 4 is 23.3 Å². The van der Waals surface area contributed by atoms with Gasteiger partial charge in [-0.2, -0.15) is 0 Å². The third-order valence-electron chi connectivity index (χ3n) is 3.43. The quantitative estimate of drug-likeness (QED) is 0.710. The van der Waals surface area contributed by atoms with E-state index >= 15 is 0 Å². The minimum atomic E-state index is -0.221.